The van der Waals surface area contributed by atoms with E-state index >= 15 is 0 Å². The zero-order valence-electron chi connectivity index (χ0n) is 11.0. The van der Waals surface area contributed by atoms with Crippen LogP contribution in [0.15, 0.2) is 24.3 Å². The van der Waals surface area contributed by atoms with Gasteiger partial charge in [-0.05, 0) is 23.5 Å². The number of ether oxygens (including phenoxy) is 1. The molecule has 16 heavy (non-hydrogen) atoms. The van der Waals surface area contributed by atoms with E-state index in [2.05, 4.69) is 39.0 Å². The Bertz CT molecular complexity index is 348. The molecule has 90 valence electrons. The number of rotatable bonds is 3. The van der Waals surface area contributed by atoms with E-state index in [1.54, 1.807) is 7.11 Å². The smallest absolute Gasteiger partial charge is 0.102 e. The van der Waals surface area contributed by atoms with E-state index in [1.807, 2.05) is 13.0 Å². The summed E-state index contributed by atoms with van der Waals surface area (Å²) in [4.78, 5) is 0. The van der Waals surface area contributed by atoms with Crippen LogP contribution in [0.1, 0.15) is 38.8 Å². The van der Waals surface area contributed by atoms with Crippen molar-refractivity contribution in [3.05, 3.63) is 35.4 Å². The Morgan fingerprint density at radius 3 is 1.94 bits per heavy atom. The third kappa shape index (κ3) is 2.45. The van der Waals surface area contributed by atoms with Crippen LogP contribution in [0.25, 0.3) is 0 Å². The van der Waals surface area contributed by atoms with Gasteiger partial charge in [0.1, 0.15) is 5.60 Å². The molecule has 1 atom stereocenters. The molecule has 0 spiro atoms. The van der Waals surface area contributed by atoms with Crippen molar-refractivity contribution < 1.29 is 4.74 Å². The summed E-state index contributed by atoms with van der Waals surface area (Å²) < 4.78 is 5.58. The van der Waals surface area contributed by atoms with Gasteiger partial charge in [0.05, 0.1) is 0 Å². The minimum atomic E-state index is -0.399. The number of nitrogens with two attached hydrogens (primary N) is 1. The average molecular weight is 221 g/mol. The molecule has 1 aromatic carbocycles. The molecule has 1 aromatic rings. The van der Waals surface area contributed by atoms with Crippen LogP contribution in [0.5, 0.6) is 0 Å². The van der Waals surface area contributed by atoms with E-state index in [4.69, 9.17) is 10.5 Å². The van der Waals surface area contributed by atoms with Gasteiger partial charge in [-0.1, -0.05) is 45.0 Å². The molecule has 0 amide bonds. The normalized spacial score (nSPS) is 15.9. The van der Waals surface area contributed by atoms with E-state index in [-0.39, 0.29) is 5.41 Å². The Hall–Kier alpha value is -0.860. The van der Waals surface area contributed by atoms with Crippen LogP contribution >= 0.6 is 0 Å². The molecule has 0 saturated carbocycles. The van der Waals surface area contributed by atoms with E-state index in [0.29, 0.717) is 6.54 Å². The first-order valence-corrected chi connectivity index (χ1v) is 5.70. The summed E-state index contributed by atoms with van der Waals surface area (Å²) in [7, 11) is 1.71. The van der Waals surface area contributed by atoms with Gasteiger partial charge in [0.15, 0.2) is 0 Å². The van der Waals surface area contributed by atoms with Crippen LogP contribution in [0.3, 0.4) is 0 Å². The van der Waals surface area contributed by atoms with E-state index in [0.717, 1.165) is 0 Å². The fraction of sp³-hybridized carbons (Fsp3) is 0.571. The van der Waals surface area contributed by atoms with Crippen LogP contribution < -0.4 is 5.73 Å². The average Bonchev–Trinajstić information content (AvgIpc) is 2.27. The maximum atomic E-state index is 5.84. The van der Waals surface area contributed by atoms with Crippen LogP contribution in [-0.2, 0) is 15.8 Å². The summed E-state index contributed by atoms with van der Waals surface area (Å²) in [5, 5.41) is 0. The summed E-state index contributed by atoms with van der Waals surface area (Å²) in [6.07, 6.45) is 0. The van der Waals surface area contributed by atoms with E-state index in [1.165, 1.54) is 11.1 Å². The van der Waals surface area contributed by atoms with Gasteiger partial charge in [-0.25, -0.2) is 0 Å². The van der Waals surface area contributed by atoms with Crippen molar-refractivity contribution in [2.45, 2.75) is 38.7 Å². The van der Waals surface area contributed by atoms with Crippen molar-refractivity contribution >= 4 is 0 Å². The molecule has 0 heterocycles. The van der Waals surface area contributed by atoms with Crippen molar-refractivity contribution in [2.75, 3.05) is 13.7 Å². The molecule has 0 fully saturated rings. The highest BCUT2D eigenvalue weighted by molar-refractivity contribution is 5.37. The number of benzene rings is 1. The van der Waals surface area contributed by atoms with Gasteiger partial charge in [-0.15, -0.1) is 0 Å². The van der Waals surface area contributed by atoms with E-state index in [9.17, 15) is 0 Å². The molecule has 1 unspecified atom stereocenters. The molecule has 2 nitrogen and oxygen atoms in total. The molecule has 0 aliphatic heterocycles. The van der Waals surface area contributed by atoms with Crippen molar-refractivity contribution in [3.63, 3.8) is 0 Å². The summed E-state index contributed by atoms with van der Waals surface area (Å²) in [6.45, 7) is 9.14. The quantitative estimate of drug-likeness (QED) is 0.852. The first-order valence-electron chi connectivity index (χ1n) is 5.70. The molecule has 2 heteroatoms. The van der Waals surface area contributed by atoms with Crippen molar-refractivity contribution in [1.29, 1.82) is 0 Å². The largest absolute Gasteiger partial charge is 0.372 e. The molecule has 0 aliphatic carbocycles. The maximum absolute atomic E-state index is 5.84. The molecule has 2 N–H and O–H groups in total. The first-order chi connectivity index (χ1) is 7.35. The Kier molecular flexibility index (Phi) is 3.76. The Balaban J connectivity index is 3.34. The number of hydrogen-bond acceptors (Lipinski definition) is 2. The second-order valence-electron chi connectivity index (χ2n) is 5.43. The minimum absolute atomic E-state index is 0.103. The second kappa shape index (κ2) is 4.56. The van der Waals surface area contributed by atoms with Gasteiger partial charge >= 0.3 is 0 Å². The Labute approximate surface area is 98.8 Å². The highest BCUT2D eigenvalue weighted by Gasteiger charge is 2.30. The lowest BCUT2D eigenvalue weighted by Crippen LogP contribution is -2.36. The van der Waals surface area contributed by atoms with Crippen LogP contribution in [-0.4, -0.2) is 13.7 Å². The van der Waals surface area contributed by atoms with Gasteiger partial charge in [0.25, 0.3) is 0 Å². The van der Waals surface area contributed by atoms with Gasteiger partial charge in [0.2, 0.25) is 0 Å². The highest BCUT2D eigenvalue weighted by atomic mass is 16.5. The lowest BCUT2D eigenvalue weighted by atomic mass is 9.79. The van der Waals surface area contributed by atoms with Crippen molar-refractivity contribution in [1.82, 2.24) is 0 Å². The number of hydrogen-bond donors (Lipinski definition) is 1. The molecule has 0 bridgehead atoms. The van der Waals surface area contributed by atoms with Crippen LogP contribution in [0, 0.1) is 0 Å². The van der Waals surface area contributed by atoms with Crippen molar-refractivity contribution in [3.8, 4) is 0 Å². The van der Waals surface area contributed by atoms with Gasteiger partial charge in [-0.3, -0.25) is 0 Å². The van der Waals surface area contributed by atoms with Crippen molar-refractivity contribution in [2.24, 2.45) is 5.73 Å². The zero-order chi connectivity index (χ0) is 12.4. The highest BCUT2D eigenvalue weighted by Crippen LogP contribution is 2.33. The van der Waals surface area contributed by atoms with Gasteiger partial charge in [-0.2, -0.15) is 0 Å². The monoisotopic (exact) mass is 221 g/mol. The standard InChI is InChI=1S/C14H23NO/c1-13(2,3)11-8-6-7-9-12(11)14(4,10-15)16-5/h6-9H,10,15H2,1-5H3. The summed E-state index contributed by atoms with van der Waals surface area (Å²) in [5.41, 5.74) is 8.02. The van der Waals surface area contributed by atoms with E-state index < -0.39 is 5.60 Å². The molecular formula is C14H23NO. The second-order valence-corrected chi connectivity index (χ2v) is 5.43. The van der Waals surface area contributed by atoms with Crippen LogP contribution in [0.4, 0.5) is 0 Å². The third-order valence-electron chi connectivity index (χ3n) is 3.14. The van der Waals surface area contributed by atoms with Gasteiger partial charge < -0.3 is 10.5 Å². The molecule has 0 radical (unpaired) electrons. The fourth-order valence-electron chi connectivity index (χ4n) is 1.90. The molecule has 0 aliphatic rings. The molecule has 1 rings (SSSR count). The predicted octanol–water partition coefficient (Wildman–Crippen LogP) is 2.80. The topological polar surface area (TPSA) is 35.2 Å². The number of methoxy groups -OCH3 is 1. The predicted molar refractivity (Wildman–Crippen MR) is 68.6 cm³/mol. The SMILES string of the molecule is COC(C)(CN)c1ccccc1C(C)(C)C. The zero-order valence-corrected chi connectivity index (χ0v) is 11.0. The lowest BCUT2D eigenvalue weighted by molar-refractivity contribution is 0.00869. The summed E-state index contributed by atoms with van der Waals surface area (Å²) >= 11 is 0. The minimum Gasteiger partial charge on any atom is -0.372 e. The maximum Gasteiger partial charge on any atom is 0.102 e. The Morgan fingerprint density at radius 2 is 1.56 bits per heavy atom. The fourth-order valence-corrected chi connectivity index (χ4v) is 1.90. The lowest BCUT2D eigenvalue weighted by Gasteiger charge is -2.33. The van der Waals surface area contributed by atoms with Gasteiger partial charge in [0, 0.05) is 13.7 Å². The summed E-state index contributed by atoms with van der Waals surface area (Å²) in [6, 6.07) is 8.37. The molecular weight excluding hydrogens is 198 g/mol. The summed E-state index contributed by atoms with van der Waals surface area (Å²) in [5.74, 6) is 0. The van der Waals surface area contributed by atoms with Crippen LogP contribution in [0.2, 0.25) is 0 Å². The third-order valence-corrected chi connectivity index (χ3v) is 3.14. The molecule has 0 aromatic heterocycles. The first kappa shape index (κ1) is 13.2. The molecule has 0 saturated heterocycles. The Morgan fingerprint density at radius 1 is 1.06 bits per heavy atom.